The molecule has 1 aromatic carbocycles. The van der Waals surface area contributed by atoms with E-state index in [1.807, 2.05) is 19.2 Å². The van der Waals surface area contributed by atoms with Crippen molar-refractivity contribution in [2.45, 2.75) is 31.5 Å². The van der Waals surface area contributed by atoms with Gasteiger partial charge in [0.1, 0.15) is 23.8 Å². The number of fused-ring (bicyclic) bond motifs is 1. The molecule has 1 saturated heterocycles. The van der Waals surface area contributed by atoms with E-state index in [2.05, 4.69) is 54.4 Å². The standard InChI is InChI=1S/C22H27N7O/c1-27-21(6-9-25-27)26-20-12-22(24-15-23-20)29-11-8-18(19(30)14-29)28-10-7-16-4-2-3-5-17(16)13-28/h2-6,9,12,15,18-19,30H,7-8,10-11,13-14H2,1H3,(H,23,24,26)/t18?,19-/m0/s1. The number of aromatic nitrogens is 4. The number of hydrogen-bond acceptors (Lipinski definition) is 7. The average molecular weight is 406 g/mol. The Hall–Kier alpha value is -2.97. The van der Waals surface area contributed by atoms with Gasteiger partial charge in [0, 0.05) is 51.4 Å². The van der Waals surface area contributed by atoms with Crippen molar-refractivity contribution in [3.05, 3.63) is 60.0 Å². The predicted octanol–water partition coefficient (Wildman–Crippen LogP) is 1.95. The van der Waals surface area contributed by atoms with Crippen LogP contribution in [0.5, 0.6) is 0 Å². The topological polar surface area (TPSA) is 82.3 Å². The van der Waals surface area contributed by atoms with E-state index in [4.69, 9.17) is 0 Å². The summed E-state index contributed by atoms with van der Waals surface area (Å²) in [4.78, 5) is 13.4. The van der Waals surface area contributed by atoms with Crippen LogP contribution < -0.4 is 10.2 Å². The summed E-state index contributed by atoms with van der Waals surface area (Å²) in [6.45, 7) is 3.36. The second-order valence-corrected chi connectivity index (χ2v) is 8.09. The van der Waals surface area contributed by atoms with Crippen molar-refractivity contribution in [2.24, 2.45) is 7.05 Å². The molecule has 3 aromatic rings. The molecule has 0 saturated carbocycles. The molecule has 0 aliphatic carbocycles. The van der Waals surface area contributed by atoms with Gasteiger partial charge in [0.05, 0.1) is 12.3 Å². The molecule has 0 bridgehead atoms. The lowest BCUT2D eigenvalue weighted by molar-refractivity contribution is 0.0293. The number of anilines is 3. The number of benzene rings is 1. The zero-order valence-corrected chi connectivity index (χ0v) is 17.1. The summed E-state index contributed by atoms with van der Waals surface area (Å²) in [6, 6.07) is 12.7. The molecule has 2 aliphatic heterocycles. The Kier molecular flexibility index (Phi) is 5.10. The highest BCUT2D eigenvalue weighted by molar-refractivity contribution is 5.56. The molecule has 0 amide bonds. The zero-order chi connectivity index (χ0) is 20.5. The normalized spacial score (nSPS) is 22.0. The Morgan fingerprint density at radius 3 is 2.77 bits per heavy atom. The molecule has 8 heteroatoms. The van der Waals surface area contributed by atoms with E-state index in [9.17, 15) is 5.11 Å². The van der Waals surface area contributed by atoms with Gasteiger partial charge >= 0.3 is 0 Å². The van der Waals surface area contributed by atoms with Crippen molar-refractivity contribution in [3.63, 3.8) is 0 Å². The van der Waals surface area contributed by atoms with Crippen LogP contribution in [0, 0.1) is 0 Å². The van der Waals surface area contributed by atoms with Crippen molar-refractivity contribution < 1.29 is 5.11 Å². The molecule has 1 unspecified atom stereocenters. The van der Waals surface area contributed by atoms with Gasteiger partial charge in [-0.05, 0) is 24.0 Å². The van der Waals surface area contributed by atoms with Gasteiger partial charge in [0.25, 0.3) is 0 Å². The van der Waals surface area contributed by atoms with Crippen LogP contribution in [0.1, 0.15) is 17.5 Å². The van der Waals surface area contributed by atoms with Gasteiger partial charge in [-0.2, -0.15) is 5.10 Å². The number of nitrogens with one attached hydrogen (secondary N) is 1. The first-order valence-electron chi connectivity index (χ1n) is 10.5. The lowest BCUT2D eigenvalue weighted by Crippen LogP contribution is -2.55. The number of piperidine rings is 1. The Morgan fingerprint density at radius 2 is 1.97 bits per heavy atom. The molecule has 30 heavy (non-hydrogen) atoms. The highest BCUT2D eigenvalue weighted by atomic mass is 16.3. The van der Waals surface area contributed by atoms with E-state index in [1.165, 1.54) is 11.1 Å². The predicted molar refractivity (Wildman–Crippen MR) is 116 cm³/mol. The summed E-state index contributed by atoms with van der Waals surface area (Å²) in [5, 5.41) is 18.4. The molecule has 156 valence electrons. The molecule has 0 spiro atoms. The Labute approximate surface area is 176 Å². The maximum atomic E-state index is 11.0. The van der Waals surface area contributed by atoms with Crippen LogP contribution in [0.3, 0.4) is 0 Å². The highest BCUT2D eigenvalue weighted by Gasteiger charge is 2.34. The third-order valence-corrected chi connectivity index (χ3v) is 6.23. The van der Waals surface area contributed by atoms with Crippen LogP contribution in [0.15, 0.2) is 48.9 Å². The van der Waals surface area contributed by atoms with E-state index < -0.39 is 6.10 Å². The van der Waals surface area contributed by atoms with Crippen LogP contribution in [-0.4, -0.2) is 61.5 Å². The lowest BCUT2D eigenvalue weighted by Gasteiger charge is -2.43. The molecule has 0 radical (unpaired) electrons. The van der Waals surface area contributed by atoms with Crippen molar-refractivity contribution in [1.82, 2.24) is 24.6 Å². The SMILES string of the molecule is Cn1nccc1Nc1cc(N2CCC(N3CCc4ccccc4C3)[C@@H](O)C2)ncn1. The molecule has 5 rings (SSSR count). The van der Waals surface area contributed by atoms with Crippen LogP contribution in [0.4, 0.5) is 17.5 Å². The summed E-state index contributed by atoms with van der Waals surface area (Å²) in [5.41, 5.74) is 2.83. The molecular weight excluding hydrogens is 378 g/mol. The smallest absolute Gasteiger partial charge is 0.137 e. The minimum atomic E-state index is -0.410. The van der Waals surface area contributed by atoms with Crippen molar-refractivity contribution >= 4 is 17.5 Å². The number of aryl methyl sites for hydroxylation is 1. The van der Waals surface area contributed by atoms with E-state index in [0.29, 0.717) is 12.4 Å². The Balaban J connectivity index is 1.25. The molecule has 1 fully saturated rings. The second kappa shape index (κ2) is 8.04. The van der Waals surface area contributed by atoms with Crippen LogP contribution in [-0.2, 0) is 20.0 Å². The lowest BCUT2D eigenvalue weighted by atomic mass is 9.94. The highest BCUT2D eigenvalue weighted by Crippen LogP contribution is 2.27. The molecule has 2 atom stereocenters. The molecule has 8 nitrogen and oxygen atoms in total. The van der Waals surface area contributed by atoms with Gasteiger partial charge in [-0.25, -0.2) is 9.97 Å². The van der Waals surface area contributed by atoms with Crippen molar-refractivity contribution in [1.29, 1.82) is 0 Å². The second-order valence-electron chi connectivity index (χ2n) is 8.09. The van der Waals surface area contributed by atoms with E-state index in [1.54, 1.807) is 17.2 Å². The molecule has 2 N–H and O–H groups in total. The largest absolute Gasteiger partial charge is 0.390 e. The van der Waals surface area contributed by atoms with Crippen LogP contribution in [0.2, 0.25) is 0 Å². The number of aliphatic hydroxyl groups is 1. The molecule has 2 aliphatic rings. The molecule has 4 heterocycles. The average Bonchev–Trinajstić information content (AvgIpc) is 3.18. The van der Waals surface area contributed by atoms with Crippen LogP contribution >= 0.6 is 0 Å². The maximum Gasteiger partial charge on any atom is 0.137 e. The van der Waals surface area contributed by atoms with Crippen molar-refractivity contribution in [3.8, 4) is 0 Å². The monoisotopic (exact) mass is 405 g/mol. The first-order chi connectivity index (χ1) is 14.7. The van der Waals surface area contributed by atoms with Gasteiger partial charge in [0.2, 0.25) is 0 Å². The van der Waals surface area contributed by atoms with Gasteiger partial charge in [0.15, 0.2) is 0 Å². The number of nitrogens with zero attached hydrogens (tertiary/aromatic N) is 6. The number of rotatable bonds is 4. The zero-order valence-electron chi connectivity index (χ0n) is 17.1. The van der Waals surface area contributed by atoms with Gasteiger partial charge < -0.3 is 15.3 Å². The summed E-state index contributed by atoms with van der Waals surface area (Å²) >= 11 is 0. The van der Waals surface area contributed by atoms with E-state index in [0.717, 1.165) is 44.1 Å². The summed E-state index contributed by atoms with van der Waals surface area (Å²) in [7, 11) is 1.88. The molecular formula is C22H27N7O. The fraction of sp³-hybridized carbons (Fsp3) is 0.409. The minimum absolute atomic E-state index is 0.184. The van der Waals surface area contributed by atoms with Crippen LogP contribution in [0.25, 0.3) is 0 Å². The summed E-state index contributed by atoms with van der Waals surface area (Å²) in [5.74, 6) is 2.41. The first-order valence-corrected chi connectivity index (χ1v) is 10.5. The van der Waals surface area contributed by atoms with Crippen molar-refractivity contribution in [2.75, 3.05) is 29.9 Å². The van der Waals surface area contributed by atoms with E-state index >= 15 is 0 Å². The quantitative estimate of drug-likeness (QED) is 0.687. The summed E-state index contributed by atoms with van der Waals surface area (Å²) in [6.07, 6.45) is 4.86. The van der Waals surface area contributed by atoms with Gasteiger partial charge in [-0.3, -0.25) is 9.58 Å². The number of β-amino-alcohol motifs (C(OH)–C–C–N with tert-alkyl or cyclic N) is 1. The Bertz CT molecular complexity index is 1020. The Morgan fingerprint density at radius 1 is 1.10 bits per heavy atom. The third-order valence-electron chi connectivity index (χ3n) is 6.23. The fourth-order valence-electron chi connectivity index (χ4n) is 4.57. The summed E-state index contributed by atoms with van der Waals surface area (Å²) < 4.78 is 1.76. The first kappa shape index (κ1) is 19.0. The molecule has 2 aromatic heterocycles. The third kappa shape index (κ3) is 3.76. The van der Waals surface area contributed by atoms with E-state index in [-0.39, 0.29) is 6.04 Å². The van der Waals surface area contributed by atoms with Gasteiger partial charge in [-0.15, -0.1) is 0 Å². The minimum Gasteiger partial charge on any atom is -0.390 e. The fourth-order valence-corrected chi connectivity index (χ4v) is 4.57. The maximum absolute atomic E-state index is 11.0. The van der Waals surface area contributed by atoms with Gasteiger partial charge in [-0.1, -0.05) is 24.3 Å². The number of aliphatic hydroxyl groups excluding tert-OH is 1. The number of hydrogen-bond donors (Lipinski definition) is 2.